The molecule has 0 radical (unpaired) electrons. The highest BCUT2D eigenvalue weighted by atomic mass is 16.3. The zero-order valence-electron chi connectivity index (χ0n) is 11.8. The highest BCUT2D eigenvalue weighted by Gasteiger charge is 2.10. The number of likely N-dealkylation sites (N-methyl/N-ethyl adjacent to an activating group) is 1. The second-order valence-corrected chi connectivity index (χ2v) is 5.03. The first-order valence-electron chi connectivity index (χ1n) is 6.79. The summed E-state index contributed by atoms with van der Waals surface area (Å²) in [7, 11) is 0. The van der Waals surface area contributed by atoms with Crippen LogP contribution in [-0.4, -0.2) is 41.8 Å². The summed E-state index contributed by atoms with van der Waals surface area (Å²) in [6, 6.07) is 10.8. The summed E-state index contributed by atoms with van der Waals surface area (Å²) in [6.45, 7) is 9.53. The average molecular weight is 250 g/mol. The van der Waals surface area contributed by atoms with Gasteiger partial charge < -0.3 is 10.4 Å². The summed E-state index contributed by atoms with van der Waals surface area (Å²) in [6.07, 6.45) is -0.309. The van der Waals surface area contributed by atoms with Crippen LogP contribution >= 0.6 is 0 Å². The smallest absolute Gasteiger partial charge is 0.0791 e. The normalized spacial score (nSPS) is 13.2. The van der Waals surface area contributed by atoms with Crippen LogP contribution in [0.4, 0.5) is 0 Å². The highest BCUT2D eigenvalue weighted by Crippen LogP contribution is 2.04. The van der Waals surface area contributed by atoms with Crippen LogP contribution in [-0.2, 0) is 6.54 Å². The van der Waals surface area contributed by atoms with E-state index in [1.807, 2.05) is 6.07 Å². The molecule has 102 valence electrons. The van der Waals surface area contributed by atoms with Crippen LogP contribution in [0.2, 0.25) is 0 Å². The van der Waals surface area contributed by atoms with Crippen LogP contribution in [0.3, 0.4) is 0 Å². The van der Waals surface area contributed by atoms with Crippen molar-refractivity contribution in [3.05, 3.63) is 35.9 Å². The van der Waals surface area contributed by atoms with Crippen molar-refractivity contribution in [3.8, 4) is 0 Å². The van der Waals surface area contributed by atoms with Gasteiger partial charge in [0.2, 0.25) is 0 Å². The Morgan fingerprint density at radius 1 is 1.22 bits per heavy atom. The fourth-order valence-corrected chi connectivity index (χ4v) is 1.88. The molecule has 1 aromatic rings. The summed E-state index contributed by atoms with van der Waals surface area (Å²) in [5.41, 5.74) is 1.29. The Balaban J connectivity index is 2.37. The Hall–Kier alpha value is -0.900. The summed E-state index contributed by atoms with van der Waals surface area (Å²) in [5, 5.41) is 13.2. The first kappa shape index (κ1) is 15.2. The predicted molar refractivity (Wildman–Crippen MR) is 76.5 cm³/mol. The molecule has 1 aromatic carbocycles. The van der Waals surface area contributed by atoms with Crippen molar-refractivity contribution in [1.29, 1.82) is 0 Å². The lowest BCUT2D eigenvalue weighted by atomic mass is 10.2. The lowest BCUT2D eigenvalue weighted by Crippen LogP contribution is -2.39. The van der Waals surface area contributed by atoms with E-state index in [9.17, 15) is 5.11 Å². The quantitative estimate of drug-likeness (QED) is 0.739. The van der Waals surface area contributed by atoms with Crippen molar-refractivity contribution in [2.75, 3.05) is 19.6 Å². The lowest BCUT2D eigenvalue weighted by Gasteiger charge is -2.24. The molecule has 0 aliphatic heterocycles. The minimum atomic E-state index is -0.309. The molecule has 3 heteroatoms. The number of hydrogen-bond donors (Lipinski definition) is 2. The van der Waals surface area contributed by atoms with E-state index >= 15 is 0 Å². The molecule has 0 aliphatic rings. The van der Waals surface area contributed by atoms with E-state index in [0.29, 0.717) is 19.1 Å². The van der Waals surface area contributed by atoms with Crippen LogP contribution in [0.15, 0.2) is 30.3 Å². The van der Waals surface area contributed by atoms with Crippen LogP contribution < -0.4 is 5.32 Å². The number of benzene rings is 1. The number of aliphatic hydroxyl groups excluding tert-OH is 1. The molecular formula is C15H26N2O. The summed E-state index contributed by atoms with van der Waals surface area (Å²) in [4.78, 5) is 2.27. The number of rotatable bonds is 8. The Morgan fingerprint density at radius 3 is 2.44 bits per heavy atom. The van der Waals surface area contributed by atoms with Crippen LogP contribution in [0.5, 0.6) is 0 Å². The highest BCUT2D eigenvalue weighted by molar-refractivity contribution is 5.14. The van der Waals surface area contributed by atoms with Gasteiger partial charge >= 0.3 is 0 Å². The molecule has 1 atom stereocenters. The summed E-state index contributed by atoms with van der Waals surface area (Å²) >= 11 is 0. The second-order valence-electron chi connectivity index (χ2n) is 5.03. The molecular weight excluding hydrogens is 224 g/mol. The minimum Gasteiger partial charge on any atom is -0.390 e. The number of nitrogens with one attached hydrogen (secondary N) is 1. The molecule has 0 heterocycles. The van der Waals surface area contributed by atoms with Gasteiger partial charge in [0.1, 0.15) is 0 Å². The SMILES string of the molecule is CCN(Cc1ccccc1)CC(O)CNC(C)C. The van der Waals surface area contributed by atoms with Crippen molar-refractivity contribution >= 4 is 0 Å². The fraction of sp³-hybridized carbons (Fsp3) is 0.600. The van der Waals surface area contributed by atoms with Gasteiger partial charge in [-0.15, -0.1) is 0 Å². The van der Waals surface area contributed by atoms with Crippen LogP contribution in [0, 0.1) is 0 Å². The van der Waals surface area contributed by atoms with Gasteiger partial charge in [0.05, 0.1) is 6.10 Å². The molecule has 1 rings (SSSR count). The maximum absolute atomic E-state index is 9.97. The molecule has 18 heavy (non-hydrogen) atoms. The van der Waals surface area contributed by atoms with Crippen molar-refractivity contribution < 1.29 is 5.11 Å². The van der Waals surface area contributed by atoms with Gasteiger partial charge in [-0.1, -0.05) is 51.1 Å². The van der Waals surface area contributed by atoms with Crippen LogP contribution in [0.1, 0.15) is 26.3 Å². The third-order valence-corrected chi connectivity index (χ3v) is 2.93. The molecule has 0 fully saturated rings. The maximum atomic E-state index is 9.97. The molecule has 0 saturated heterocycles. The van der Waals surface area contributed by atoms with Crippen molar-refractivity contribution in [3.63, 3.8) is 0 Å². The zero-order chi connectivity index (χ0) is 13.4. The number of hydrogen-bond acceptors (Lipinski definition) is 3. The molecule has 3 nitrogen and oxygen atoms in total. The topological polar surface area (TPSA) is 35.5 Å². The molecule has 0 saturated carbocycles. The third-order valence-electron chi connectivity index (χ3n) is 2.93. The van der Waals surface area contributed by atoms with Crippen molar-refractivity contribution in [1.82, 2.24) is 10.2 Å². The lowest BCUT2D eigenvalue weighted by molar-refractivity contribution is 0.109. The number of aliphatic hydroxyl groups is 1. The standard InChI is InChI=1S/C15H26N2O/c1-4-17(11-14-8-6-5-7-9-14)12-15(18)10-16-13(2)3/h5-9,13,15-16,18H,4,10-12H2,1-3H3. The molecule has 1 unspecified atom stereocenters. The van der Waals surface area contributed by atoms with E-state index in [-0.39, 0.29) is 6.10 Å². The monoisotopic (exact) mass is 250 g/mol. The maximum Gasteiger partial charge on any atom is 0.0791 e. The Morgan fingerprint density at radius 2 is 1.89 bits per heavy atom. The van der Waals surface area contributed by atoms with E-state index in [1.54, 1.807) is 0 Å². The predicted octanol–water partition coefficient (Wildman–Crippen LogP) is 1.87. The molecule has 0 bridgehead atoms. The molecule has 0 aromatic heterocycles. The van der Waals surface area contributed by atoms with E-state index < -0.39 is 0 Å². The van der Waals surface area contributed by atoms with Gasteiger partial charge in [0, 0.05) is 25.7 Å². The van der Waals surface area contributed by atoms with Gasteiger partial charge in [-0.05, 0) is 12.1 Å². The summed E-state index contributed by atoms with van der Waals surface area (Å²) < 4.78 is 0. The number of nitrogens with zero attached hydrogens (tertiary/aromatic N) is 1. The Bertz CT molecular complexity index is 314. The minimum absolute atomic E-state index is 0.309. The average Bonchev–Trinajstić information content (AvgIpc) is 2.37. The molecule has 0 amide bonds. The van der Waals surface area contributed by atoms with Gasteiger partial charge in [-0.25, -0.2) is 0 Å². The van der Waals surface area contributed by atoms with Crippen molar-refractivity contribution in [2.24, 2.45) is 0 Å². The fourth-order valence-electron chi connectivity index (χ4n) is 1.88. The Labute approximate surface area is 111 Å². The van der Waals surface area contributed by atoms with Crippen LogP contribution in [0.25, 0.3) is 0 Å². The third kappa shape index (κ3) is 6.15. The van der Waals surface area contributed by atoms with E-state index in [0.717, 1.165) is 13.1 Å². The van der Waals surface area contributed by atoms with E-state index in [4.69, 9.17) is 0 Å². The molecule has 0 spiro atoms. The van der Waals surface area contributed by atoms with Gasteiger partial charge in [0.15, 0.2) is 0 Å². The van der Waals surface area contributed by atoms with Crippen molar-refractivity contribution in [2.45, 2.75) is 39.5 Å². The molecule has 2 N–H and O–H groups in total. The van der Waals surface area contributed by atoms with E-state index in [2.05, 4.69) is 55.3 Å². The van der Waals surface area contributed by atoms with Gasteiger partial charge in [0.25, 0.3) is 0 Å². The summed E-state index contributed by atoms with van der Waals surface area (Å²) in [5.74, 6) is 0. The first-order chi connectivity index (χ1) is 8.61. The largest absolute Gasteiger partial charge is 0.390 e. The first-order valence-corrected chi connectivity index (χ1v) is 6.79. The van der Waals surface area contributed by atoms with Gasteiger partial charge in [-0.2, -0.15) is 0 Å². The Kier molecular flexibility index (Phi) is 6.94. The second kappa shape index (κ2) is 8.25. The van der Waals surface area contributed by atoms with Gasteiger partial charge in [-0.3, -0.25) is 4.90 Å². The molecule has 0 aliphatic carbocycles. The van der Waals surface area contributed by atoms with E-state index in [1.165, 1.54) is 5.56 Å². The zero-order valence-corrected chi connectivity index (χ0v) is 11.8.